The average molecular weight is 303 g/mol. The number of aliphatic carboxylic acids is 1. The van der Waals surface area contributed by atoms with Crippen LogP contribution in [0.5, 0.6) is 0 Å². The van der Waals surface area contributed by atoms with E-state index in [1.807, 2.05) is 24.3 Å². The van der Waals surface area contributed by atoms with Gasteiger partial charge in [-0.25, -0.2) is 14.5 Å². The smallest absolute Gasteiger partial charge is 0.315 e. The van der Waals surface area contributed by atoms with Crippen LogP contribution in [0.3, 0.4) is 0 Å². The van der Waals surface area contributed by atoms with Crippen LogP contribution in [0.2, 0.25) is 0 Å². The maximum Gasteiger partial charge on any atom is 0.315 e. The zero-order valence-corrected chi connectivity index (χ0v) is 11.9. The Balaban J connectivity index is 1.78. The summed E-state index contributed by atoms with van der Waals surface area (Å²) in [5.74, 6) is -0.868. The molecule has 22 heavy (non-hydrogen) atoms. The van der Waals surface area contributed by atoms with Crippen LogP contribution in [-0.4, -0.2) is 38.4 Å². The van der Waals surface area contributed by atoms with Gasteiger partial charge in [-0.2, -0.15) is 5.10 Å². The van der Waals surface area contributed by atoms with Crippen molar-refractivity contribution in [3.63, 3.8) is 0 Å². The Morgan fingerprint density at radius 1 is 1.27 bits per heavy atom. The highest BCUT2D eigenvalue weighted by molar-refractivity contribution is 5.74. The largest absolute Gasteiger partial charge is 0.481 e. The van der Waals surface area contributed by atoms with Crippen molar-refractivity contribution in [1.82, 2.24) is 25.4 Å². The van der Waals surface area contributed by atoms with E-state index in [0.29, 0.717) is 19.5 Å². The number of aromatic nitrogens is 3. The molecule has 8 nitrogen and oxygen atoms in total. The highest BCUT2D eigenvalue weighted by Gasteiger charge is 2.03. The lowest BCUT2D eigenvalue weighted by Gasteiger charge is -2.08. The molecule has 0 unspecified atom stereocenters. The average Bonchev–Trinajstić information content (AvgIpc) is 3.04. The predicted octanol–water partition coefficient (Wildman–Crippen LogP) is 0.931. The lowest BCUT2D eigenvalue weighted by Crippen LogP contribution is -2.35. The number of nitrogens with one attached hydrogen (secondary N) is 2. The van der Waals surface area contributed by atoms with Crippen LogP contribution >= 0.6 is 0 Å². The molecule has 0 radical (unpaired) electrons. The van der Waals surface area contributed by atoms with Crippen LogP contribution in [0.1, 0.15) is 18.4 Å². The van der Waals surface area contributed by atoms with E-state index in [9.17, 15) is 9.59 Å². The summed E-state index contributed by atoms with van der Waals surface area (Å²) in [6, 6.07) is 7.24. The minimum atomic E-state index is -0.868. The summed E-state index contributed by atoms with van der Waals surface area (Å²) in [5, 5.41) is 17.9. The number of nitrogens with zero attached hydrogens (tertiary/aromatic N) is 3. The summed E-state index contributed by atoms with van der Waals surface area (Å²) < 4.78 is 1.63. The first-order valence-electron chi connectivity index (χ1n) is 6.82. The first-order valence-corrected chi connectivity index (χ1v) is 6.82. The van der Waals surface area contributed by atoms with Crippen molar-refractivity contribution >= 4 is 12.0 Å². The molecule has 0 saturated heterocycles. The van der Waals surface area contributed by atoms with Gasteiger partial charge in [0.05, 0.1) is 5.69 Å². The molecule has 3 N–H and O–H groups in total. The molecule has 0 aliphatic heterocycles. The fraction of sp³-hybridized carbons (Fsp3) is 0.286. The van der Waals surface area contributed by atoms with Gasteiger partial charge in [0.15, 0.2) is 0 Å². The third-order valence-electron chi connectivity index (χ3n) is 2.90. The summed E-state index contributed by atoms with van der Waals surface area (Å²) in [6.07, 6.45) is 3.50. The number of hydrogen-bond donors (Lipinski definition) is 3. The van der Waals surface area contributed by atoms with Gasteiger partial charge in [0, 0.05) is 19.5 Å². The van der Waals surface area contributed by atoms with Gasteiger partial charge in [0.2, 0.25) is 0 Å². The molecule has 116 valence electrons. The molecule has 8 heteroatoms. The van der Waals surface area contributed by atoms with Crippen molar-refractivity contribution in [3.05, 3.63) is 42.5 Å². The fourth-order valence-corrected chi connectivity index (χ4v) is 1.84. The molecule has 0 bridgehead atoms. The molecule has 0 spiro atoms. The molecule has 0 aliphatic rings. The second kappa shape index (κ2) is 7.77. The zero-order valence-electron chi connectivity index (χ0n) is 11.9. The molecular formula is C14H17N5O3. The minimum absolute atomic E-state index is 0.0419. The number of carbonyl (C=O) groups excluding carboxylic acids is 1. The van der Waals surface area contributed by atoms with Crippen LogP contribution in [0.4, 0.5) is 4.79 Å². The Morgan fingerprint density at radius 3 is 2.86 bits per heavy atom. The van der Waals surface area contributed by atoms with Gasteiger partial charge in [-0.15, -0.1) is 0 Å². The molecule has 2 aromatic rings. The van der Waals surface area contributed by atoms with Crippen molar-refractivity contribution in [3.8, 4) is 5.69 Å². The predicted molar refractivity (Wildman–Crippen MR) is 78.5 cm³/mol. The molecule has 0 fully saturated rings. The topological polar surface area (TPSA) is 109 Å². The van der Waals surface area contributed by atoms with Crippen LogP contribution in [0.25, 0.3) is 5.69 Å². The SMILES string of the molecule is O=C(O)CCCNC(=O)NCc1cccc(-n2cncn2)c1. The van der Waals surface area contributed by atoms with E-state index in [-0.39, 0.29) is 12.5 Å². The second-order valence-corrected chi connectivity index (χ2v) is 4.62. The monoisotopic (exact) mass is 303 g/mol. The quantitative estimate of drug-likeness (QED) is 0.659. The molecule has 2 amide bonds. The Bertz CT molecular complexity index is 627. The number of amides is 2. The third-order valence-corrected chi connectivity index (χ3v) is 2.90. The van der Waals surface area contributed by atoms with Gasteiger partial charge < -0.3 is 15.7 Å². The number of carbonyl (C=O) groups is 2. The summed E-state index contributed by atoms with van der Waals surface area (Å²) in [7, 11) is 0. The number of carboxylic acid groups (broad SMARTS) is 1. The van der Waals surface area contributed by atoms with Gasteiger partial charge in [-0.05, 0) is 24.1 Å². The van der Waals surface area contributed by atoms with E-state index in [1.165, 1.54) is 6.33 Å². The van der Waals surface area contributed by atoms with Crippen molar-refractivity contribution in [2.45, 2.75) is 19.4 Å². The lowest BCUT2D eigenvalue weighted by molar-refractivity contribution is -0.137. The van der Waals surface area contributed by atoms with Crippen molar-refractivity contribution < 1.29 is 14.7 Å². The standard InChI is InChI=1S/C14H17N5O3/c20-13(21)5-2-6-16-14(22)17-8-11-3-1-4-12(7-11)19-10-15-9-18-19/h1,3-4,7,9-10H,2,5-6,8H2,(H,20,21)(H2,16,17,22). The molecule has 1 aromatic heterocycles. The Labute approximate surface area is 127 Å². The van der Waals surface area contributed by atoms with Crippen LogP contribution in [0.15, 0.2) is 36.9 Å². The van der Waals surface area contributed by atoms with Gasteiger partial charge in [0.25, 0.3) is 0 Å². The molecule has 2 rings (SSSR count). The molecule has 0 aliphatic carbocycles. The number of urea groups is 1. The van der Waals surface area contributed by atoms with Crippen LogP contribution in [0, 0.1) is 0 Å². The molecule has 0 saturated carbocycles. The summed E-state index contributed by atoms with van der Waals surface area (Å²) in [5.41, 5.74) is 1.78. The summed E-state index contributed by atoms with van der Waals surface area (Å²) >= 11 is 0. The van der Waals surface area contributed by atoms with E-state index in [0.717, 1.165) is 11.3 Å². The summed E-state index contributed by atoms with van der Waals surface area (Å²) in [4.78, 5) is 25.8. The zero-order chi connectivity index (χ0) is 15.8. The molecule has 0 atom stereocenters. The second-order valence-electron chi connectivity index (χ2n) is 4.62. The van der Waals surface area contributed by atoms with Crippen LogP contribution < -0.4 is 10.6 Å². The van der Waals surface area contributed by atoms with E-state index < -0.39 is 5.97 Å². The van der Waals surface area contributed by atoms with Crippen molar-refractivity contribution in [2.75, 3.05) is 6.54 Å². The maximum atomic E-state index is 11.6. The Hall–Kier alpha value is -2.90. The molecular weight excluding hydrogens is 286 g/mol. The van der Waals surface area contributed by atoms with Crippen molar-refractivity contribution in [2.24, 2.45) is 0 Å². The normalized spacial score (nSPS) is 10.2. The Morgan fingerprint density at radius 2 is 2.14 bits per heavy atom. The van der Waals surface area contributed by atoms with E-state index in [2.05, 4.69) is 20.7 Å². The molecule has 1 heterocycles. The fourth-order valence-electron chi connectivity index (χ4n) is 1.84. The lowest BCUT2D eigenvalue weighted by atomic mass is 10.2. The summed E-state index contributed by atoms with van der Waals surface area (Å²) in [6.45, 7) is 0.699. The van der Waals surface area contributed by atoms with E-state index >= 15 is 0 Å². The van der Waals surface area contributed by atoms with Crippen molar-refractivity contribution in [1.29, 1.82) is 0 Å². The first kappa shape index (κ1) is 15.5. The first-order chi connectivity index (χ1) is 10.6. The number of carboxylic acids is 1. The van der Waals surface area contributed by atoms with Gasteiger partial charge >= 0.3 is 12.0 Å². The van der Waals surface area contributed by atoms with E-state index in [1.54, 1.807) is 11.0 Å². The van der Waals surface area contributed by atoms with Gasteiger partial charge in [-0.1, -0.05) is 12.1 Å². The third kappa shape index (κ3) is 4.89. The minimum Gasteiger partial charge on any atom is -0.481 e. The maximum absolute atomic E-state index is 11.6. The highest BCUT2D eigenvalue weighted by atomic mass is 16.4. The van der Waals surface area contributed by atoms with Gasteiger partial charge in [0.1, 0.15) is 12.7 Å². The number of benzene rings is 1. The number of hydrogen-bond acceptors (Lipinski definition) is 4. The van der Waals surface area contributed by atoms with E-state index in [4.69, 9.17) is 5.11 Å². The van der Waals surface area contributed by atoms with Gasteiger partial charge in [-0.3, -0.25) is 4.79 Å². The van der Waals surface area contributed by atoms with Crippen LogP contribution in [-0.2, 0) is 11.3 Å². The number of rotatable bonds is 7. The Kier molecular flexibility index (Phi) is 5.47. The molecule has 1 aromatic carbocycles. The highest BCUT2D eigenvalue weighted by Crippen LogP contribution is 2.08.